The molecule has 0 bridgehead atoms. The number of aliphatic carboxylic acids is 1. The highest BCUT2D eigenvalue weighted by molar-refractivity contribution is 7.74. The number of likely N-dealkylation sites (N-methyl/N-ethyl adjacent to an activating group) is 1. The Morgan fingerprint density at radius 2 is 1.70 bits per heavy atom. The van der Waals surface area contributed by atoms with E-state index in [4.69, 9.17) is 30.4 Å². The molecular formula is C46H44ClFN6O7S2. The van der Waals surface area contributed by atoms with E-state index in [9.17, 15) is 19.4 Å². The van der Waals surface area contributed by atoms with Crippen molar-refractivity contribution in [2.45, 2.75) is 26.1 Å². The van der Waals surface area contributed by atoms with Crippen molar-refractivity contribution in [3.05, 3.63) is 131 Å². The molecule has 63 heavy (non-hydrogen) atoms. The van der Waals surface area contributed by atoms with Gasteiger partial charge in [0.2, 0.25) is 12.0 Å². The van der Waals surface area contributed by atoms with Gasteiger partial charge >= 0.3 is 5.97 Å². The molecule has 7 aromatic rings. The van der Waals surface area contributed by atoms with E-state index in [0.717, 1.165) is 54.3 Å². The van der Waals surface area contributed by atoms with Crippen LogP contribution in [0.1, 0.15) is 16.8 Å². The molecule has 0 aliphatic carbocycles. The topological polar surface area (TPSA) is 163 Å². The largest absolute Gasteiger partial charge is 0.508 e. The molecule has 13 nitrogen and oxygen atoms in total. The molecule has 1 aliphatic heterocycles. The number of rotatable bonds is 15. The Morgan fingerprint density at radius 3 is 2.46 bits per heavy atom. The molecule has 1 atom stereocenters. The van der Waals surface area contributed by atoms with Crippen LogP contribution in [-0.2, 0) is 17.8 Å². The Bertz CT molecular complexity index is 2680. The van der Waals surface area contributed by atoms with E-state index in [1.165, 1.54) is 29.8 Å². The minimum Gasteiger partial charge on any atom is -0.508 e. The first kappa shape index (κ1) is 45.2. The van der Waals surface area contributed by atoms with Crippen molar-refractivity contribution in [3.63, 3.8) is 0 Å². The lowest BCUT2D eigenvalue weighted by Crippen LogP contribution is -2.45. The number of phenols is 1. The molecule has 1 unspecified atom stereocenters. The minimum atomic E-state index is -1.39. The summed E-state index contributed by atoms with van der Waals surface area (Å²) in [5.74, 6) is 0.0137. The number of benzene rings is 4. The summed E-state index contributed by atoms with van der Waals surface area (Å²) in [5, 5.41) is 21.5. The fourth-order valence-electron chi connectivity index (χ4n) is 7.20. The van der Waals surface area contributed by atoms with Crippen LogP contribution in [0.25, 0.3) is 43.2 Å². The fraction of sp³-hybridized carbons (Fsp3) is 0.239. The van der Waals surface area contributed by atoms with Crippen molar-refractivity contribution in [2.24, 2.45) is 0 Å². The summed E-state index contributed by atoms with van der Waals surface area (Å²) in [5.41, 5.74) is 4.70. The van der Waals surface area contributed by atoms with Crippen LogP contribution in [0.5, 0.6) is 23.1 Å². The third-order valence-corrected chi connectivity index (χ3v) is 12.2. The number of carboxylic acids is 1. The molecule has 4 aromatic carbocycles. The first-order valence-corrected chi connectivity index (χ1v) is 21.5. The highest BCUT2D eigenvalue weighted by atomic mass is 35.5. The summed E-state index contributed by atoms with van der Waals surface area (Å²) in [7, 11) is 2.12. The van der Waals surface area contributed by atoms with Gasteiger partial charge in [-0.15, -0.1) is 11.3 Å². The smallest absolute Gasteiger partial charge is 0.345 e. The van der Waals surface area contributed by atoms with Crippen LogP contribution in [0.15, 0.2) is 104 Å². The SMILES string of the molecule is Cc1c(-c2c(-c3ccc(F)cc3)sc3ncnc(OC(Cc4ccccc4OCc4ccnc(-c5cccc(O)c5)n4)C(=O)O)c23)ccc(OCCN2CCN(C)CC2)c1Cl.OS. The number of carboxylic acid groups (broad SMARTS) is 1. The van der Waals surface area contributed by atoms with Crippen LogP contribution < -0.4 is 14.2 Å². The first-order valence-electron chi connectivity index (χ1n) is 19.9. The number of thiophene rings is 1. The lowest BCUT2D eigenvalue weighted by atomic mass is 9.96. The van der Waals surface area contributed by atoms with Crippen LogP contribution >= 0.6 is 35.8 Å². The molecule has 17 heteroatoms. The van der Waals surface area contributed by atoms with Crippen molar-refractivity contribution >= 4 is 52.0 Å². The predicted molar refractivity (Wildman–Crippen MR) is 245 cm³/mol. The van der Waals surface area contributed by atoms with Gasteiger partial charge in [0.15, 0.2) is 5.82 Å². The van der Waals surface area contributed by atoms with E-state index in [-0.39, 0.29) is 30.5 Å². The number of hydrogen-bond acceptors (Lipinski definition) is 14. The molecule has 0 saturated carbocycles. The van der Waals surface area contributed by atoms with Gasteiger partial charge < -0.3 is 33.9 Å². The van der Waals surface area contributed by atoms with Gasteiger partial charge in [0.05, 0.1) is 16.1 Å². The Balaban J connectivity index is 0.00000293. The van der Waals surface area contributed by atoms with Crippen LogP contribution in [0.2, 0.25) is 5.02 Å². The van der Waals surface area contributed by atoms with E-state index >= 15 is 0 Å². The number of halogens is 2. The Kier molecular flexibility index (Phi) is 15.0. The van der Waals surface area contributed by atoms with Crippen molar-refractivity contribution in [1.82, 2.24) is 29.7 Å². The molecule has 0 radical (unpaired) electrons. The summed E-state index contributed by atoms with van der Waals surface area (Å²) >= 11 is 10.9. The number of para-hydroxylation sites is 1. The van der Waals surface area contributed by atoms with E-state index < -0.39 is 12.1 Å². The van der Waals surface area contributed by atoms with E-state index in [1.54, 1.807) is 72.9 Å². The van der Waals surface area contributed by atoms with Gasteiger partial charge in [0.25, 0.3) is 0 Å². The number of ether oxygens (including phenoxy) is 3. The second-order valence-corrected chi connectivity index (χ2v) is 16.1. The van der Waals surface area contributed by atoms with Crippen LogP contribution in [0.4, 0.5) is 4.39 Å². The molecule has 4 heterocycles. The van der Waals surface area contributed by atoms with Gasteiger partial charge in [-0.1, -0.05) is 60.1 Å². The number of fused-ring (bicyclic) bond motifs is 1. The third kappa shape index (κ3) is 10.8. The molecule has 8 rings (SSSR count). The Morgan fingerprint density at radius 1 is 0.921 bits per heavy atom. The zero-order chi connectivity index (χ0) is 44.5. The van der Waals surface area contributed by atoms with E-state index in [2.05, 4.69) is 49.7 Å². The highest BCUT2D eigenvalue weighted by Crippen LogP contribution is 2.49. The van der Waals surface area contributed by atoms with Gasteiger partial charge in [0, 0.05) is 61.3 Å². The number of nitrogens with zero attached hydrogens (tertiary/aromatic N) is 6. The Labute approximate surface area is 378 Å². The van der Waals surface area contributed by atoms with Crippen molar-refractivity contribution < 1.29 is 38.2 Å². The second-order valence-electron chi connectivity index (χ2n) is 14.7. The Hall–Kier alpha value is -5.88. The molecule has 3 aromatic heterocycles. The van der Waals surface area contributed by atoms with Gasteiger partial charge in [-0.05, 0) is 91.6 Å². The number of aromatic nitrogens is 4. The average molecular weight is 911 g/mol. The maximum atomic E-state index is 14.2. The third-order valence-electron chi connectivity index (χ3n) is 10.5. The molecule has 0 amide bonds. The maximum absolute atomic E-state index is 14.2. The van der Waals surface area contributed by atoms with Gasteiger partial charge in [-0.2, -0.15) is 0 Å². The van der Waals surface area contributed by atoms with Gasteiger partial charge in [-0.3, -0.25) is 4.90 Å². The summed E-state index contributed by atoms with van der Waals surface area (Å²) in [6.45, 7) is 7.21. The lowest BCUT2D eigenvalue weighted by Gasteiger charge is -2.32. The molecule has 3 N–H and O–H groups in total. The number of carbonyl (C=O) groups is 1. The molecule has 326 valence electrons. The van der Waals surface area contributed by atoms with Crippen molar-refractivity contribution in [2.75, 3.05) is 46.4 Å². The summed E-state index contributed by atoms with van der Waals surface area (Å²) in [4.78, 5) is 37.0. The zero-order valence-electron chi connectivity index (χ0n) is 34.3. The van der Waals surface area contributed by atoms with Gasteiger partial charge in [-0.25, -0.2) is 29.1 Å². The molecule has 1 aliphatic rings. The van der Waals surface area contributed by atoms with Crippen LogP contribution in [0, 0.1) is 12.7 Å². The van der Waals surface area contributed by atoms with Crippen molar-refractivity contribution in [3.8, 4) is 56.1 Å². The number of piperazine rings is 1. The zero-order valence-corrected chi connectivity index (χ0v) is 36.8. The molecule has 0 spiro atoms. The van der Waals surface area contributed by atoms with Crippen LogP contribution in [-0.4, -0.2) is 103 Å². The second kappa shape index (κ2) is 21.0. The summed E-state index contributed by atoms with van der Waals surface area (Å²) < 4.78 is 39.7. The number of hydrogen-bond donors (Lipinski definition) is 4. The highest BCUT2D eigenvalue weighted by Gasteiger charge is 2.28. The van der Waals surface area contributed by atoms with Gasteiger partial charge in [0.1, 0.15) is 47.4 Å². The quantitative estimate of drug-likeness (QED) is 0.0570. The summed E-state index contributed by atoms with van der Waals surface area (Å²) in [6, 6.07) is 25.4. The number of aromatic hydroxyl groups is 1. The standard InChI is InChI=1S/C46H42ClFN6O6S.H2OS/c1-28-35(14-15-37(41(28)47)58-23-22-54-20-18-53(2)19-21-54)39-40-44(50-27-51-45(40)61-42(39)29-10-12-32(48)13-11-29)60-38(46(56)57)25-30-6-3-4-9-36(30)59-26-33-16-17-49-43(52-33)31-7-5-8-34(55)24-31;1-2/h3-17,24,27,38,55H,18-23,25-26H2,1-2H3,(H,56,57);1-2H. The fourth-order valence-corrected chi connectivity index (χ4v) is 8.57. The van der Waals surface area contributed by atoms with E-state index in [1.807, 2.05) is 19.1 Å². The normalized spacial score (nSPS) is 13.6. The molecule has 1 saturated heterocycles. The monoisotopic (exact) mass is 910 g/mol. The average Bonchev–Trinajstić information content (AvgIpc) is 3.69. The molecule has 1 fully saturated rings. The maximum Gasteiger partial charge on any atom is 0.345 e. The summed E-state index contributed by atoms with van der Waals surface area (Å²) in [6.07, 6.45) is 1.50. The minimum absolute atomic E-state index is 0.0649. The first-order chi connectivity index (χ1) is 30.6. The number of phenolic OH excluding ortho intramolecular Hbond substituents is 1. The predicted octanol–water partition coefficient (Wildman–Crippen LogP) is 8.96. The van der Waals surface area contributed by atoms with Crippen molar-refractivity contribution in [1.29, 1.82) is 0 Å². The van der Waals surface area contributed by atoms with Crippen LogP contribution in [0.3, 0.4) is 0 Å². The lowest BCUT2D eigenvalue weighted by molar-refractivity contribution is -0.145. The number of thiol groups is 1. The van der Waals surface area contributed by atoms with E-state index in [0.29, 0.717) is 61.6 Å². The molecular weight excluding hydrogens is 867 g/mol.